The summed E-state index contributed by atoms with van der Waals surface area (Å²) in [5, 5.41) is 0.920. The molecule has 16 heavy (non-hydrogen) atoms. The highest BCUT2D eigenvalue weighted by Gasteiger charge is 2.21. The Morgan fingerprint density at radius 1 is 1.44 bits per heavy atom. The molecule has 0 N–H and O–H groups in total. The Bertz CT molecular complexity index is 176. The maximum atomic E-state index is 5.30. The molecule has 4 heteroatoms. The van der Waals surface area contributed by atoms with Crippen molar-refractivity contribution in [3.63, 3.8) is 0 Å². The van der Waals surface area contributed by atoms with Crippen LogP contribution in [0.2, 0.25) is 5.31 Å². The van der Waals surface area contributed by atoms with Gasteiger partial charge in [0, 0.05) is 11.9 Å². The van der Waals surface area contributed by atoms with Gasteiger partial charge in [0.25, 0.3) is 0 Å². The van der Waals surface area contributed by atoms with Gasteiger partial charge < -0.3 is 4.74 Å². The first-order chi connectivity index (χ1) is 7.41. The van der Waals surface area contributed by atoms with Crippen molar-refractivity contribution in [2.24, 2.45) is 5.92 Å². The molecule has 1 nitrogen and oxygen atoms in total. The maximum Gasteiger partial charge on any atom is 0.109 e. The molecule has 0 aliphatic carbocycles. The molecule has 96 valence electrons. The molecule has 0 aromatic carbocycles. The molecule has 3 unspecified atom stereocenters. The minimum absolute atomic E-state index is 0.365. The third-order valence-electron chi connectivity index (χ3n) is 3.06. The van der Waals surface area contributed by atoms with Crippen LogP contribution in [0, 0.1) is 5.92 Å². The first-order valence-corrected chi connectivity index (χ1v) is 7.43. The Morgan fingerprint density at radius 3 is 2.56 bits per heavy atom. The number of thiol groups is 2. The van der Waals surface area contributed by atoms with E-state index in [1.807, 2.05) is 0 Å². The summed E-state index contributed by atoms with van der Waals surface area (Å²) in [5.41, 5.74) is 0. The van der Waals surface area contributed by atoms with Gasteiger partial charge in [-0.3, -0.25) is 0 Å². The average Bonchev–Trinajstić information content (AvgIpc) is 2.16. The summed E-state index contributed by atoms with van der Waals surface area (Å²) in [5.74, 6) is 1.27. The third-order valence-corrected chi connectivity index (χ3v) is 3.82. The van der Waals surface area contributed by atoms with E-state index in [9.17, 15) is 0 Å². The van der Waals surface area contributed by atoms with Crippen molar-refractivity contribution < 1.29 is 4.74 Å². The van der Waals surface area contributed by atoms with Crippen LogP contribution in [0.25, 0.3) is 0 Å². The van der Waals surface area contributed by atoms with Gasteiger partial charge in [0.05, 0.1) is 5.94 Å². The second kappa shape index (κ2) is 8.76. The standard InChI is InChI=1S/C12H27BOS2/c1-4-11(16)7-10(2)8-12(3,13)5-6-14-9-15/h10-11,15-16H,4-9,13H2,1-3H3. The second-order valence-corrected chi connectivity index (χ2v) is 6.55. The van der Waals surface area contributed by atoms with Crippen LogP contribution in [0.15, 0.2) is 0 Å². The third kappa shape index (κ3) is 8.83. The van der Waals surface area contributed by atoms with Gasteiger partial charge >= 0.3 is 0 Å². The van der Waals surface area contributed by atoms with Gasteiger partial charge in [-0.05, 0) is 25.2 Å². The van der Waals surface area contributed by atoms with E-state index in [0.717, 1.165) is 25.4 Å². The van der Waals surface area contributed by atoms with Crippen LogP contribution < -0.4 is 0 Å². The minimum atomic E-state index is 0.365. The van der Waals surface area contributed by atoms with Gasteiger partial charge in [0.2, 0.25) is 0 Å². The molecule has 0 amide bonds. The summed E-state index contributed by atoms with van der Waals surface area (Å²) in [4.78, 5) is 0. The van der Waals surface area contributed by atoms with E-state index in [1.54, 1.807) is 0 Å². The number of ether oxygens (including phenoxy) is 1. The predicted octanol–water partition coefficient (Wildman–Crippen LogP) is 3.22. The van der Waals surface area contributed by atoms with Gasteiger partial charge in [0.15, 0.2) is 0 Å². The van der Waals surface area contributed by atoms with E-state index in [-0.39, 0.29) is 0 Å². The Morgan fingerprint density at radius 2 is 2.06 bits per heavy atom. The Balaban J connectivity index is 3.84. The molecule has 0 bridgehead atoms. The van der Waals surface area contributed by atoms with Crippen LogP contribution in [0.5, 0.6) is 0 Å². The smallest absolute Gasteiger partial charge is 0.109 e. The van der Waals surface area contributed by atoms with Crippen molar-refractivity contribution in [3.05, 3.63) is 0 Å². The fourth-order valence-electron chi connectivity index (χ4n) is 2.17. The molecule has 0 radical (unpaired) electrons. The zero-order valence-electron chi connectivity index (χ0n) is 11.2. The van der Waals surface area contributed by atoms with Gasteiger partial charge in [-0.1, -0.05) is 32.5 Å². The maximum absolute atomic E-state index is 5.30. The van der Waals surface area contributed by atoms with Crippen molar-refractivity contribution in [2.75, 3.05) is 12.5 Å². The lowest BCUT2D eigenvalue weighted by atomic mass is 9.63. The van der Waals surface area contributed by atoms with Crippen LogP contribution in [-0.2, 0) is 4.74 Å². The summed E-state index contributed by atoms with van der Waals surface area (Å²) < 4.78 is 5.30. The van der Waals surface area contributed by atoms with Gasteiger partial charge in [-0.25, -0.2) is 0 Å². The molecule has 0 aromatic heterocycles. The van der Waals surface area contributed by atoms with E-state index >= 15 is 0 Å². The molecule has 0 spiro atoms. The Kier molecular flexibility index (Phi) is 9.16. The van der Waals surface area contributed by atoms with E-state index in [4.69, 9.17) is 4.74 Å². The van der Waals surface area contributed by atoms with E-state index in [2.05, 4.69) is 53.9 Å². The van der Waals surface area contributed by atoms with Gasteiger partial charge in [0.1, 0.15) is 7.85 Å². The molecule has 0 saturated carbocycles. The lowest BCUT2D eigenvalue weighted by Crippen LogP contribution is -2.17. The van der Waals surface area contributed by atoms with Crippen LogP contribution >= 0.6 is 25.3 Å². The summed E-state index contributed by atoms with van der Waals surface area (Å²) in [6, 6.07) is 0. The van der Waals surface area contributed by atoms with Crippen molar-refractivity contribution in [1.29, 1.82) is 0 Å². The highest BCUT2D eigenvalue weighted by atomic mass is 32.1. The largest absolute Gasteiger partial charge is 0.371 e. The Labute approximate surface area is 113 Å². The van der Waals surface area contributed by atoms with Crippen molar-refractivity contribution >= 4 is 33.1 Å². The highest BCUT2D eigenvalue weighted by Crippen LogP contribution is 2.35. The van der Waals surface area contributed by atoms with Crippen LogP contribution in [0.1, 0.15) is 46.5 Å². The molecule has 3 atom stereocenters. The molecule has 0 saturated heterocycles. The first kappa shape index (κ1) is 16.7. The second-order valence-electron chi connectivity index (χ2n) is 5.56. The summed E-state index contributed by atoms with van der Waals surface area (Å²) >= 11 is 8.62. The van der Waals surface area contributed by atoms with Crippen molar-refractivity contribution in [2.45, 2.75) is 57.0 Å². The van der Waals surface area contributed by atoms with Crippen molar-refractivity contribution in [3.8, 4) is 0 Å². The zero-order chi connectivity index (χ0) is 12.6. The van der Waals surface area contributed by atoms with Crippen molar-refractivity contribution in [1.82, 2.24) is 0 Å². The normalized spacial score (nSPS) is 19.1. The van der Waals surface area contributed by atoms with Crippen LogP contribution in [-0.4, -0.2) is 25.6 Å². The molecule has 0 aliphatic heterocycles. The monoisotopic (exact) mass is 262 g/mol. The van der Waals surface area contributed by atoms with E-state index in [1.165, 1.54) is 12.8 Å². The lowest BCUT2D eigenvalue weighted by Gasteiger charge is -2.29. The van der Waals surface area contributed by atoms with E-state index < -0.39 is 0 Å². The lowest BCUT2D eigenvalue weighted by molar-refractivity contribution is 0.165. The fraction of sp³-hybridized carbons (Fsp3) is 1.00. The molecule has 0 heterocycles. The predicted molar refractivity (Wildman–Crippen MR) is 82.8 cm³/mol. The minimum Gasteiger partial charge on any atom is -0.371 e. The van der Waals surface area contributed by atoms with Gasteiger partial charge in [-0.15, -0.1) is 0 Å². The van der Waals surface area contributed by atoms with Crippen LogP contribution in [0.4, 0.5) is 0 Å². The topological polar surface area (TPSA) is 9.23 Å². The molecular weight excluding hydrogens is 235 g/mol. The molecule has 0 aromatic rings. The SMILES string of the molecule is BC(C)(CCOCS)CC(C)CC(S)CC. The average molecular weight is 262 g/mol. The van der Waals surface area contributed by atoms with Gasteiger partial charge in [-0.2, -0.15) is 25.3 Å². The summed E-state index contributed by atoms with van der Waals surface area (Å²) in [6.07, 6.45) is 4.74. The number of hydrogen-bond donors (Lipinski definition) is 2. The quantitative estimate of drug-likeness (QED) is 0.281. The zero-order valence-corrected chi connectivity index (χ0v) is 13.0. The van der Waals surface area contributed by atoms with E-state index in [0.29, 0.717) is 16.5 Å². The number of rotatable bonds is 9. The Hall–Kier alpha value is 0.725. The first-order valence-electron chi connectivity index (χ1n) is 6.28. The highest BCUT2D eigenvalue weighted by molar-refractivity contribution is 7.81. The molecule has 0 fully saturated rings. The summed E-state index contributed by atoms with van der Waals surface area (Å²) in [7, 11) is 2.32. The molecular formula is C12H27BOS2. The van der Waals surface area contributed by atoms with Crippen LogP contribution in [0.3, 0.4) is 0 Å². The molecule has 0 rings (SSSR count). The number of hydrogen-bond acceptors (Lipinski definition) is 3. The summed E-state index contributed by atoms with van der Waals surface area (Å²) in [6.45, 7) is 7.68. The molecule has 0 aliphatic rings. The fourth-order valence-corrected chi connectivity index (χ4v) is 2.66.